The van der Waals surface area contributed by atoms with Gasteiger partial charge < -0.3 is 20.3 Å². The third kappa shape index (κ3) is 5.84. The number of guanidine groups is 1. The van der Waals surface area contributed by atoms with E-state index in [2.05, 4.69) is 56.9 Å². The summed E-state index contributed by atoms with van der Waals surface area (Å²) in [6.45, 7) is 4.16. The van der Waals surface area contributed by atoms with Crippen molar-refractivity contribution in [1.29, 1.82) is 0 Å². The van der Waals surface area contributed by atoms with Crippen LogP contribution in [0.25, 0.3) is 0 Å². The van der Waals surface area contributed by atoms with Crippen LogP contribution in [0.15, 0.2) is 41.4 Å². The second-order valence-electron chi connectivity index (χ2n) is 4.89. The number of anilines is 1. The lowest BCUT2D eigenvalue weighted by Gasteiger charge is -2.19. The molecule has 0 aliphatic carbocycles. The predicted octanol–water partition coefficient (Wildman–Crippen LogP) is 1.99. The van der Waals surface area contributed by atoms with Gasteiger partial charge in [-0.2, -0.15) is 0 Å². The molecule has 122 valence electrons. The maximum Gasteiger partial charge on any atom is 0.191 e. The van der Waals surface area contributed by atoms with Crippen molar-refractivity contribution in [2.45, 2.75) is 6.54 Å². The molecule has 6 heteroatoms. The topological polar surface area (TPSA) is 48.9 Å². The first-order valence-corrected chi connectivity index (χ1v) is 7.26. The van der Waals surface area contributed by atoms with Crippen molar-refractivity contribution in [3.63, 3.8) is 0 Å². The number of methoxy groups -OCH3 is 1. The van der Waals surface area contributed by atoms with Gasteiger partial charge in [-0.15, -0.1) is 24.0 Å². The molecule has 1 aromatic carbocycles. The number of hydrogen-bond donors (Lipinski definition) is 2. The second kappa shape index (κ2) is 10.4. The molecule has 0 amide bonds. The highest BCUT2D eigenvalue weighted by Crippen LogP contribution is 2.18. The van der Waals surface area contributed by atoms with Gasteiger partial charge in [0.15, 0.2) is 5.96 Å². The molecular formula is C16H25IN4O. The lowest BCUT2D eigenvalue weighted by atomic mass is 10.2. The van der Waals surface area contributed by atoms with Gasteiger partial charge in [0, 0.05) is 46.0 Å². The van der Waals surface area contributed by atoms with E-state index in [0.717, 1.165) is 32.1 Å². The fourth-order valence-corrected chi connectivity index (χ4v) is 2.23. The quantitative estimate of drug-likeness (QED) is 0.245. The molecule has 1 aliphatic rings. The minimum Gasteiger partial charge on any atom is -0.383 e. The summed E-state index contributed by atoms with van der Waals surface area (Å²) < 4.78 is 5.02. The molecule has 2 rings (SSSR count). The van der Waals surface area contributed by atoms with Gasteiger partial charge in [0.25, 0.3) is 0 Å². The fraction of sp³-hybridized carbons (Fsp3) is 0.438. The Balaban J connectivity index is 0.00000242. The first-order chi connectivity index (χ1) is 10.3. The Morgan fingerprint density at radius 3 is 2.73 bits per heavy atom. The van der Waals surface area contributed by atoms with E-state index >= 15 is 0 Å². The van der Waals surface area contributed by atoms with Gasteiger partial charge in [-0.3, -0.25) is 4.99 Å². The van der Waals surface area contributed by atoms with Crippen molar-refractivity contribution < 1.29 is 4.74 Å². The Morgan fingerprint density at radius 1 is 1.27 bits per heavy atom. The molecule has 22 heavy (non-hydrogen) atoms. The highest BCUT2D eigenvalue weighted by atomic mass is 127. The second-order valence-corrected chi connectivity index (χ2v) is 4.89. The van der Waals surface area contributed by atoms with Crippen molar-refractivity contribution in [3.05, 3.63) is 42.0 Å². The maximum atomic E-state index is 5.02. The van der Waals surface area contributed by atoms with Gasteiger partial charge in [0.2, 0.25) is 0 Å². The van der Waals surface area contributed by atoms with Crippen molar-refractivity contribution in [3.8, 4) is 0 Å². The molecule has 0 bridgehead atoms. The largest absolute Gasteiger partial charge is 0.383 e. The highest BCUT2D eigenvalue weighted by molar-refractivity contribution is 14.0. The summed E-state index contributed by atoms with van der Waals surface area (Å²) in [7, 11) is 3.46. The van der Waals surface area contributed by atoms with Gasteiger partial charge in [-0.05, 0) is 17.7 Å². The van der Waals surface area contributed by atoms with Crippen LogP contribution < -0.4 is 15.5 Å². The number of rotatable bonds is 6. The Kier molecular flexibility index (Phi) is 8.91. The summed E-state index contributed by atoms with van der Waals surface area (Å²) in [5.41, 5.74) is 2.51. The molecule has 0 atom stereocenters. The van der Waals surface area contributed by atoms with E-state index in [1.807, 2.05) is 0 Å². The standard InChI is InChI=1S/C16H24N4O.HI/c1-17-16(18-8-11-21-2)19-13-14-6-5-7-15(12-14)20-9-3-4-10-20;/h3-7,12H,8-11,13H2,1-2H3,(H2,17,18,19);1H. The zero-order chi connectivity index (χ0) is 14.9. The van der Waals surface area contributed by atoms with Gasteiger partial charge in [0.05, 0.1) is 6.61 Å². The van der Waals surface area contributed by atoms with Crippen molar-refractivity contribution in [2.75, 3.05) is 45.3 Å². The number of nitrogens with one attached hydrogen (secondary N) is 2. The molecule has 0 saturated heterocycles. The van der Waals surface area contributed by atoms with Crippen LogP contribution in [-0.2, 0) is 11.3 Å². The predicted molar refractivity (Wildman–Crippen MR) is 103 cm³/mol. The first-order valence-electron chi connectivity index (χ1n) is 7.26. The van der Waals surface area contributed by atoms with Crippen LogP contribution in [0, 0.1) is 0 Å². The van der Waals surface area contributed by atoms with E-state index < -0.39 is 0 Å². The molecule has 5 nitrogen and oxygen atoms in total. The third-order valence-electron chi connectivity index (χ3n) is 3.38. The number of benzene rings is 1. The average Bonchev–Trinajstić information content (AvgIpc) is 3.05. The van der Waals surface area contributed by atoms with Crippen LogP contribution in [0.2, 0.25) is 0 Å². The van der Waals surface area contributed by atoms with Crippen LogP contribution in [0.5, 0.6) is 0 Å². The van der Waals surface area contributed by atoms with Crippen molar-refractivity contribution in [1.82, 2.24) is 10.6 Å². The van der Waals surface area contributed by atoms with E-state index in [-0.39, 0.29) is 24.0 Å². The van der Waals surface area contributed by atoms with Crippen LogP contribution in [0.1, 0.15) is 5.56 Å². The number of halogens is 1. The summed E-state index contributed by atoms with van der Waals surface area (Å²) >= 11 is 0. The molecular weight excluding hydrogens is 391 g/mol. The zero-order valence-corrected chi connectivity index (χ0v) is 15.5. The lowest BCUT2D eigenvalue weighted by Crippen LogP contribution is -2.38. The molecule has 0 aromatic heterocycles. The van der Waals surface area contributed by atoms with Crippen LogP contribution in [-0.4, -0.2) is 46.4 Å². The molecule has 1 aliphatic heterocycles. The average molecular weight is 416 g/mol. The molecule has 0 fully saturated rings. The van der Waals surface area contributed by atoms with E-state index in [1.165, 1.54) is 11.3 Å². The summed E-state index contributed by atoms with van der Waals surface area (Å²) in [5.74, 6) is 0.792. The molecule has 0 unspecified atom stereocenters. The van der Waals surface area contributed by atoms with Gasteiger partial charge in [0.1, 0.15) is 0 Å². The summed E-state index contributed by atoms with van der Waals surface area (Å²) in [5, 5.41) is 6.52. The monoisotopic (exact) mass is 416 g/mol. The number of aliphatic imine (C=N–C) groups is 1. The fourth-order valence-electron chi connectivity index (χ4n) is 2.23. The van der Waals surface area contributed by atoms with E-state index in [0.29, 0.717) is 6.61 Å². The summed E-state index contributed by atoms with van der Waals surface area (Å²) in [6.07, 6.45) is 4.40. The molecule has 0 saturated carbocycles. The zero-order valence-electron chi connectivity index (χ0n) is 13.2. The van der Waals surface area contributed by atoms with E-state index in [1.54, 1.807) is 14.2 Å². The number of nitrogens with zero attached hydrogens (tertiary/aromatic N) is 2. The number of hydrogen-bond acceptors (Lipinski definition) is 3. The molecule has 0 radical (unpaired) electrons. The molecule has 1 aromatic rings. The van der Waals surface area contributed by atoms with E-state index in [4.69, 9.17) is 4.74 Å². The summed E-state index contributed by atoms with van der Waals surface area (Å²) in [4.78, 5) is 6.54. The molecule has 2 N–H and O–H groups in total. The SMILES string of the molecule is CN=C(NCCOC)NCc1cccc(N2CC=CC2)c1.I. The summed E-state index contributed by atoms with van der Waals surface area (Å²) in [6, 6.07) is 8.61. The Hall–Kier alpha value is -1.28. The van der Waals surface area contributed by atoms with Crippen molar-refractivity contribution in [2.24, 2.45) is 4.99 Å². The van der Waals surface area contributed by atoms with Crippen LogP contribution >= 0.6 is 24.0 Å². The normalized spacial score (nSPS) is 13.9. The van der Waals surface area contributed by atoms with Gasteiger partial charge in [-0.25, -0.2) is 0 Å². The maximum absolute atomic E-state index is 5.02. The Morgan fingerprint density at radius 2 is 2.05 bits per heavy atom. The highest BCUT2D eigenvalue weighted by Gasteiger charge is 2.07. The first kappa shape index (κ1) is 18.8. The lowest BCUT2D eigenvalue weighted by molar-refractivity contribution is 0.203. The Labute approximate surface area is 149 Å². The minimum absolute atomic E-state index is 0. The van der Waals surface area contributed by atoms with Gasteiger partial charge >= 0.3 is 0 Å². The van der Waals surface area contributed by atoms with Crippen molar-refractivity contribution >= 4 is 35.6 Å². The van der Waals surface area contributed by atoms with E-state index in [9.17, 15) is 0 Å². The number of ether oxygens (including phenoxy) is 1. The minimum atomic E-state index is 0. The molecule has 1 heterocycles. The van der Waals surface area contributed by atoms with Crippen LogP contribution in [0.3, 0.4) is 0 Å². The van der Waals surface area contributed by atoms with Gasteiger partial charge in [-0.1, -0.05) is 24.3 Å². The molecule has 0 spiro atoms. The smallest absolute Gasteiger partial charge is 0.191 e. The van der Waals surface area contributed by atoms with Crippen LogP contribution in [0.4, 0.5) is 5.69 Å². The Bertz CT molecular complexity index is 497. The third-order valence-corrected chi connectivity index (χ3v) is 3.38.